The van der Waals surface area contributed by atoms with Gasteiger partial charge in [-0.15, -0.1) is 0 Å². The highest BCUT2D eigenvalue weighted by atomic mass is 35.5. The van der Waals surface area contributed by atoms with Gasteiger partial charge in [-0.2, -0.15) is 0 Å². The van der Waals surface area contributed by atoms with Crippen molar-refractivity contribution >= 4 is 27.5 Å². The number of hydrogen-bond acceptors (Lipinski definition) is 4. The van der Waals surface area contributed by atoms with Crippen molar-refractivity contribution in [1.29, 1.82) is 0 Å². The summed E-state index contributed by atoms with van der Waals surface area (Å²) in [5.74, 6) is -8.40. The minimum absolute atomic E-state index is 0.0889. The topological polar surface area (TPSA) is 75.7 Å². The van der Waals surface area contributed by atoms with E-state index in [2.05, 4.69) is 0 Å². The molecule has 0 saturated carbocycles. The van der Waals surface area contributed by atoms with Crippen LogP contribution in [0.2, 0.25) is 5.02 Å². The van der Waals surface area contributed by atoms with Crippen LogP contribution >= 0.6 is 11.6 Å². The Hall–Kier alpha value is -2.28. The second kappa shape index (κ2) is 9.88. The van der Waals surface area contributed by atoms with Gasteiger partial charge in [0.15, 0.2) is 11.6 Å². The molecule has 0 unspecified atom stereocenters. The maximum atomic E-state index is 15.5. The summed E-state index contributed by atoms with van der Waals surface area (Å²) in [6.45, 7) is 0.476. The molecule has 4 rings (SSSR count). The Balaban J connectivity index is 1.74. The Kier molecular flexibility index (Phi) is 7.35. The smallest absolute Gasteiger partial charge is 0.283 e. The lowest BCUT2D eigenvalue weighted by Gasteiger charge is -2.34. The van der Waals surface area contributed by atoms with E-state index in [-0.39, 0.29) is 23.3 Å². The number of carbonyl (C=O) groups is 1. The molecule has 1 amide bonds. The summed E-state index contributed by atoms with van der Waals surface area (Å²) in [6.07, 6.45) is -1.10. The van der Waals surface area contributed by atoms with Crippen molar-refractivity contribution in [1.82, 2.24) is 9.62 Å². The summed E-state index contributed by atoms with van der Waals surface area (Å²) in [5.41, 5.74) is -0.401. The van der Waals surface area contributed by atoms with Crippen molar-refractivity contribution in [3.05, 3.63) is 58.4 Å². The summed E-state index contributed by atoms with van der Waals surface area (Å²) in [5, 5.41) is -0.573. The molecule has 0 spiro atoms. The molecule has 2 aromatic carbocycles. The van der Waals surface area contributed by atoms with Gasteiger partial charge in [0.05, 0.1) is 30.0 Å². The van der Waals surface area contributed by atoms with E-state index in [0.717, 1.165) is 17.0 Å². The number of benzene rings is 2. The predicted molar refractivity (Wildman–Crippen MR) is 122 cm³/mol. The zero-order valence-corrected chi connectivity index (χ0v) is 20.5. The van der Waals surface area contributed by atoms with E-state index >= 15 is 13.2 Å². The number of hydrogen-bond donors (Lipinski definition) is 1. The highest BCUT2D eigenvalue weighted by Crippen LogP contribution is 2.38. The molecule has 2 aromatic rings. The summed E-state index contributed by atoms with van der Waals surface area (Å²) in [4.78, 5) is 13.7. The van der Waals surface area contributed by atoms with E-state index in [0.29, 0.717) is 6.42 Å². The third-order valence-electron chi connectivity index (χ3n) is 6.37. The number of nitrogens with one attached hydrogen (secondary N) is 1. The van der Waals surface area contributed by atoms with E-state index < -0.39 is 81.2 Å². The molecule has 1 N–H and O–H groups in total. The van der Waals surface area contributed by atoms with Crippen molar-refractivity contribution < 1.29 is 39.9 Å². The van der Waals surface area contributed by atoms with Crippen LogP contribution in [0, 0.1) is 17.5 Å². The van der Waals surface area contributed by atoms with E-state index in [9.17, 15) is 22.0 Å². The fourth-order valence-corrected chi connectivity index (χ4v) is 5.42. The molecule has 0 radical (unpaired) electrons. The number of amides is 1. The molecule has 2 aliphatic rings. The summed E-state index contributed by atoms with van der Waals surface area (Å²) in [7, 11) is -4.12. The van der Waals surface area contributed by atoms with Gasteiger partial charge in [0.1, 0.15) is 18.0 Å². The molecule has 3 atom stereocenters. The second-order valence-electron chi connectivity index (χ2n) is 8.68. The van der Waals surface area contributed by atoms with Crippen LogP contribution in [-0.4, -0.2) is 62.2 Å². The van der Waals surface area contributed by atoms with Gasteiger partial charge in [0.25, 0.3) is 11.8 Å². The van der Waals surface area contributed by atoms with Gasteiger partial charge in [-0.25, -0.2) is 35.1 Å². The highest BCUT2D eigenvalue weighted by molar-refractivity contribution is 7.89. The van der Waals surface area contributed by atoms with Crippen molar-refractivity contribution in [3.63, 3.8) is 0 Å². The van der Waals surface area contributed by atoms with Crippen LogP contribution in [0.5, 0.6) is 0 Å². The van der Waals surface area contributed by atoms with Crippen molar-refractivity contribution in [3.8, 4) is 11.1 Å². The van der Waals surface area contributed by atoms with Crippen LogP contribution in [0.4, 0.5) is 22.0 Å². The maximum absolute atomic E-state index is 15.5. The first kappa shape index (κ1) is 26.8. The zero-order valence-electron chi connectivity index (χ0n) is 18.9. The van der Waals surface area contributed by atoms with Crippen molar-refractivity contribution in [2.75, 3.05) is 18.9 Å². The van der Waals surface area contributed by atoms with Gasteiger partial charge in [-0.05, 0) is 36.6 Å². The van der Waals surface area contributed by atoms with E-state index in [1.807, 2.05) is 4.72 Å². The average Bonchev–Trinajstić information content (AvgIpc) is 3.01. The number of rotatable bonds is 7. The van der Waals surface area contributed by atoms with Crippen LogP contribution in [0.1, 0.15) is 18.9 Å². The minimum atomic E-state index is -4.12. The Bertz CT molecular complexity index is 1270. The fraction of sp³-hybridized carbons (Fsp3) is 0.435. The van der Waals surface area contributed by atoms with Crippen molar-refractivity contribution in [2.45, 2.75) is 43.9 Å². The van der Waals surface area contributed by atoms with Crippen LogP contribution in [0.25, 0.3) is 11.1 Å². The summed E-state index contributed by atoms with van der Waals surface area (Å²) < 4.78 is 105. The molecule has 6 nitrogen and oxygen atoms in total. The summed E-state index contributed by atoms with van der Waals surface area (Å²) in [6, 6.07) is 2.23. The fourth-order valence-electron chi connectivity index (χ4n) is 4.33. The molecule has 196 valence electrons. The number of halogens is 6. The number of likely N-dealkylation sites (tertiary alicyclic amines) is 1. The molecule has 13 heteroatoms. The van der Waals surface area contributed by atoms with E-state index in [4.69, 9.17) is 16.3 Å². The Morgan fingerprint density at radius 1 is 1.22 bits per heavy atom. The molecule has 0 bridgehead atoms. The minimum Gasteiger partial charge on any atom is -0.368 e. The Morgan fingerprint density at radius 2 is 1.92 bits per heavy atom. The largest absolute Gasteiger partial charge is 0.368 e. The molecule has 2 aliphatic heterocycles. The lowest BCUT2D eigenvalue weighted by atomic mass is 9.95. The molecule has 0 aromatic heterocycles. The van der Waals surface area contributed by atoms with Gasteiger partial charge < -0.3 is 9.64 Å². The van der Waals surface area contributed by atoms with Crippen LogP contribution in [0.15, 0.2) is 30.3 Å². The average molecular weight is 553 g/mol. The SMILES string of the molecule is CCS(=O)(=O)N[C@@H]1[C@H](Cc2cccc(-c3cc(F)c(F)c(Cl)c3)c2F)N(C(=O)[C@H]2CCO2)CC1(F)F. The lowest BCUT2D eigenvalue weighted by Crippen LogP contribution is -2.54. The van der Waals surface area contributed by atoms with Gasteiger partial charge in [0.2, 0.25) is 10.0 Å². The lowest BCUT2D eigenvalue weighted by molar-refractivity contribution is -0.158. The number of alkyl halides is 2. The third-order valence-corrected chi connectivity index (χ3v) is 8.02. The molecule has 0 aliphatic carbocycles. The molecule has 2 heterocycles. The molecular formula is C23H22ClF5N2O4S. The van der Waals surface area contributed by atoms with Crippen LogP contribution in [-0.2, 0) is 26.0 Å². The normalized spacial score (nSPS) is 23.5. The number of ether oxygens (including phenoxy) is 1. The first-order valence-corrected chi connectivity index (χ1v) is 13.1. The molecule has 36 heavy (non-hydrogen) atoms. The summed E-state index contributed by atoms with van der Waals surface area (Å²) >= 11 is 5.69. The monoisotopic (exact) mass is 552 g/mol. The van der Waals surface area contributed by atoms with Crippen LogP contribution < -0.4 is 4.72 Å². The zero-order chi connectivity index (χ0) is 26.4. The molecule has 2 saturated heterocycles. The highest BCUT2D eigenvalue weighted by Gasteiger charge is 2.58. The van der Waals surface area contributed by atoms with Crippen molar-refractivity contribution in [2.24, 2.45) is 0 Å². The molecular weight excluding hydrogens is 531 g/mol. The number of nitrogens with zero attached hydrogens (tertiary/aromatic N) is 1. The van der Waals surface area contributed by atoms with E-state index in [1.54, 1.807) is 0 Å². The maximum Gasteiger partial charge on any atom is 0.283 e. The van der Waals surface area contributed by atoms with Gasteiger partial charge >= 0.3 is 0 Å². The predicted octanol–water partition coefficient (Wildman–Crippen LogP) is 3.91. The standard InChI is InChI=1S/C23H22ClF5N2O4S/c1-2-36(33,34)30-21-17(31(11-23(21,28)29)22(32)18-6-7-35-18)10-12-4-3-5-14(19(12)26)13-8-15(24)20(27)16(25)9-13/h3-5,8-9,17-18,21,30H,2,6-7,10-11H2,1H3/t17-,18+,21+/m0/s1. The quantitative estimate of drug-likeness (QED) is 0.417. The van der Waals surface area contributed by atoms with Crippen LogP contribution in [0.3, 0.4) is 0 Å². The number of sulfonamides is 1. The Morgan fingerprint density at radius 3 is 2.50 bits per heavy atom. The first-order chi connectivity index (χ1) is 16.8. The van der Waals surface area contributed by atoms with Gasteiger partial charge in [-0.3, -0.25) is 4.79 Å². The first-order valence-electron chi connectivity index (χ1n) is 11.1. The number of carbonyl (C=O) groups excluding carboxylic acids is 1. The molecule has 2 fully saturated rings. The third kappa shape index (κ3) is 5.09. The second-order valence-corrected chi connectivity index (χ2v) is 11.1. The van der Waals surface area contributed by atoms with Gasteiger partial charge in [-0.1, -0.05) is 29.8 Å². The Labute approximate surface area is 209 Å². The van der Waals surface area contributed by atoms with Gasteiger partial charge in [0, 0.05) is 12.0 Å². The van der Waals surface area contributed by atoms with E-state index in [1.165, 1.54) is 25.1 Å².